The van der Waals surface area contributed by atoms with E-state index in [0.717, 1.165) is 44.1 Å². The molecule has 0 aromatic carbocycles. The summed E-state index contributed by atoms with van der Waals surface area (Å²) in [6.45, 7) is 2.16. The standard InChI is InChI=1S/C20H30O3/c1-2-3-8-13-18(22)14-9-7-11-16-20-19(23-20)15-10-5-4-6-12-17-21/h5,7,9-11,14,16-19,22H,2-4,6,8,12-13,15H2,1H3/b10-5-,11-7-,14-9+,20-16+. The van der Waals surface area contributed by atoms with E-state index in [-0.39, 0.29) is 12.2 Å². The number of ether oxygens (including phenoxy) is 1. The van der Waals surface area contributed by atoms with Crippen molar-refractivity contribution in [2.45, 2.75) is 70.5 Å². The monoisotopic (exact) mass is 318 g/mol. The first-order valence-corrected chi connectivity index (χ1v) is 8.76. The molecule has 0 aliphatic carbocycles. The van der Waals surface area contributed by atoms with E-state index in [1.165, 1.54) is 12.8 Å². The van der Waals surface area contributed by atoms with Gasteiger partial charge < -0.3 is 14.6 Å². The summed E-state index contributed by atoms with van der Waals surface area (Å²) in [6, 6.07) is 0. The van der Waals surface area contributed by atoms with Gasteiger partial charge in [0.2, 0.25) is 0 Å². The Morgan fingerprint density at radius 2 is 2.00 bits per heavy atom. The number of hydrogen-bond donors (Lipinski definition) is 1. The van der Waals surface area contributed by atoms with Gasteiger partial charge in [-0.1, -0.05) is 62.6 Å². The summed E-state index contributed by atoms with van der Waals surface area (Å²) < 4.78 is 5.47. The molecule has 0 spiro atoms. The van der Waals surface area contributed by atoms with E-state index in [0.29, 0.717) is 6.42 Å². The maximum absolute atomic E-state index is 10.2. The SMILES string of the molecule is CCCCCC(O)/C=C/C=C\C=C1\OC1C/C=C\CCCC=O. The van der Waals surface area contributed by atoms with E-state index in [1.54, 1.807) is 0 Å². The van der Waals surface area contributed by atoms with Crippen LogP contribution in [0, 0.1) is 0 Å². The van der Waals surface area contributed by atoms with Crippen LogP contribution in [0.2, 0.25) is 0 Å². The lowest BCUT2D eigenvalue weighted by atomic mass is 10.1. The first-order chi connectivity index (χ1) is 11.3. The van der Waals surface area contributed by atoms with Crippen LogP contribution in [0.4, 0.5) is 0 Å². The van der Waals surface area contributed by atoms with Crippen molar-refractivity contribution in [2.24, 2.45) is 0 Å². The zero-order valence-corrected chi connectivity index (χ0v) is 14.2. The van der Waals surface area contributed by atoms with Crippen LogP contribution in [-0.2, 0) is 9.53 Å². The lowest BCUT2D eigenvalue weighted by Crippen LogP contribution is -2.00. The van der Waals surface area contributed by atoms with Crippen LogP contribution in [-0.4, -0.2) is 23.6 Å². The van der Waals surface area contributed by atoms with Crippen LogP contribution >= 0.6 is 0 Å². The van der Waals surface area contributed by atoms with Crippen molar-refractivity contribution in [1.82, 2.24) is 0 Å². The Hall–Kier alpha value is -1.61. The molecule has 128 valence electrons. The predicted octanol–water partition coefficient (Wildman–Crippen LogP) is 4.64. The molecule has 0 bridgehead atoms. The molecule has 2 unspecified atom stereocenters. The maximum atomic E-state index is 10.2. The van der Waals surface area contributed by atoms with Crippen LogP contribution in [0.15, 0.2) is 48.3 Å². The number of carbonyl (C=O) groups excluding carboxylic acids is 1. The number of carbonyl (C=O) groups is 1. The summed E-state index contributed by atoms with van der Waals surface area (Å²) in [4.78, 5) is 10.2. The molecular formula is C20H30O3. The molecule has 0 aromatic heterocycles. The number of aliphatic hydroxyl groups excluding tert-OH is 1. The van der Waals surface area contributed by atoms with Gasteiger partial charge in [-0.2, -0.15) is 0 Å². The van der Waals surface area contributed by atoms with E-state index < -0.39 is 0 Å². The zero-order chi connectivity index (χ0) is 16.8. The van der Waals surface area contributed by atoms with Crippen molar-refractivity contribution in [3.8, 4) is 0 Å². The summed E-state index contributed by atoms with van der Waals surface area (Å²) in [5.74, 6) is 1.01. The molecule has 1 aliphatic rings. The smallest absolute Gasteiger partial charge is 0.159 e. The Bertz CT molecular complexity index is 432. The lowest BCUT2D eigenvalue weighted by molar-refractivity contribution is -0.107. The van der Waals surface area contributed by atoms with Gasteiger partial charge in [0.15, 0.2) is 6.10 Å². The molecule has 0 amide bonds. The number of hydrogen-bond acceptors (Lipinski definition) is 3. The highest BCUT2D eigenvalue weighted by Crippen LogP contribution is 2.30. The van der Waals surface area contributed by atoms with Crippen LogP contribution in [0.25, 0.3) is 0 Å². The Balaban J connectivity index is 2.10. The summed E-state index contributed by atoms with van der Waals surface area (Å²) >= 11 is 0. The predicted molar refractivity (Wildman–Crippen MR) is 95.1 cm³/mol. The van der Waals surface area contributed by atoms with Gasteiger partial charge in [-0.15, -0.1) is 0 Å². The second-order valence-electron chi connectivity index (χ2n) is 5.81. The molecule has 0 radical (unpaired) electrons. The van der Waals surface area contributed by atoms with Gasteiger partial charge in [0.05, 0.1) is 6.10 Å². The zero-order valence-electron chi connectivity index (χ0n) is 14.2. The van der Waals surface area contributed by atoms with E-state index in [1.807, 2.05) is 30.4 Å². The van der Waals surface area contributed by atoms with Gasteiger partial charge in [-0.3, -0.25) is 0 Å². The summed E-state index contributed by atoms with van der Waals surface area (Å²) in [7, 11) is 0. The molecule has 3 heteroatoms. The van der Waals surface area contributed by atoms with E-state index in [2.05, 4.69) is 19.1 Å². The minimum atomic E-state index is -0.340. The lowest BCUT2D eigenvalue weighted by Gasteiger charge is -2.02. The quantitative estimate of drug-likeness (QED) is 0.177. The Morgan fingerprint density at radius 1 is 1.13 bits per heavy atom. The van der Waals surface area contributed by atoms with Gasteiger partial charge >= 0.3 is 0 Å². The van der Waals surface area contributed by atoms with Crippen LogP contribution in [0.5, 0.6) is 0 Å². The molecule has 1 aliphatic heterocycles. The average Bonchev–Trinajstić information content (AvgIpc) is 3.29. The van der Waals surface area contributed by atoms with E-state index in [4.69, 9.17) is 4.74 Å². The van der Waals surface area contributed by atoms with Crippen LogP contribution in [0.3, 0.4) is 0 Å². The molecule has 3 nitrogen and oxygen atoms in total. The first kappa shape index (κ1) is 19.4. The number of aliphatic hydroxyl groups is 1. The minimum Gasteiger partial charge on any atom is -0.483 e. The van der Waals surface area contributed by atoms with Gasteiger partial charge in [0, 0.05) is 12.8 Å². The van der Waals surface area contributed by atoms with Crippen molar-refractivity contribution >= 4 is 6.29 Å². The summed E-state index contributed by atoms with van der Waals surface area (Å²) in [5.41, 5.74) is 0. The molecule has 1 N–H and O–H groups in total. The van der Waals surface area contributed by atoms with Gasteiger partial charge in [-0.25, -0.2) is 0 Å². The second kappa shape index (κ2) is 12.9. The number of unbranched alkanes of at least 4 members (excludes halogenated alkanes) is 4. The van der Waals surface area contributed by atoms with Gasteiger partial charge in [0.25, 0.3) is 0 Å². The third kappa shape index (κ3) is 10.7. The molecule has 1 rings (SSSR count). The number of aldehydes is 1. The Morgan fingerprint density at radius 3 is 2.78 bits per heavy atom. The molecule has 1 fully saturated rings. The summed E-state index contributed by atoms with van der Waals surface area (Å²) in [5, 5.41) is 9.73. The Labute approximate surface area is 140 Å². The highest BCUT2D eigenvalue weighted by atomic mass is 16.6. The number of epoxide rings is 1. The molecule has 23 heavy (non-hydrogen) atoms. The van der Waals surface area contributed by atoms with E-state index in [9.17, 15) is 9.90 Å². The Kier molecular flexibility index (Phi) is 10.9. The molecule has 0 saturated carbocycles. The maximum Gasteiger partial charge on any atom is 0.159 e. The van der Waals surface area contributed by atoms with E-state index >= 15 is 0 Å². The van der Waals surface area contributed by atoms with Crippen molar-refractivity contribution in [3.05, 3.63) is 48.3 Å². The fraction of sp³-hybridized carbons (Fsp3) is 0.550. The topological polar surface area (TPSA) is 49.8 Å². The van der Waals surface area contributed by atoms with Crippen molar-refractivity contribution in [3.63, 3.8) is 0 Å². The third-order valence-electron chi connectivity index (χ3n) is 3.67. The second-order valence-corrected chi connectivity index (χ2v) is 5.81. The van der Waals surface area contributed by atoms with Crippen molar-refractivity contribution < 1.29 is 14.6 Å². The average molecular weight is 318 g/mol. The number of allylic oxidation sites excluding steroid dienone is 5. The van der Waals surface area contributed by atoms with Crippen LogP contribution < -0.4 is 0 Å². The van der Waals surface area contributed by atoms with Gasteiger partial charge in [0.1, 0.15) is 12.0 Å². The third-order valence-corrected chi connectivity index (χ3v) is 3.67. The van der Waals surface area contributed by atoms with Gasteiger partial charge in [-0.05, 0) is 25.3 Å². The van der Waals surface area contributed by atoms with Crippen molar-refractivity contribution in [1.29, 1.82) is 0 Å². The molecule has 1 heterocycles. The highest BCUT2D eigenvalue weighted by molar-refractivity contribution is 5.49. The molecular weight excluding hydrogens is 288 g/mol. The van der Waals surface area contributed by atoms with Crippen molar-refractivity contribution in [2.75, 3.05) is 0 Å². The fourth-order valence-corrected chi connectivity index (χ4v) is 2.20. The minimum absolute atomic E-state index is 0.214. The van der Waals surface area contributed by atoms with Crippen LogP contribution in [0.1, 0.15) is 58.3 Å². The fourth-order valence-electron chi connectivity index (χ4n) is 2.20. The molecule has 0 aromatic rings. The largest absolute Gasteiger partial charge is 0.483 e. The molecule has 1 saturated heterocycles. The first-order valence-electron chi connectivity index (χ1n) is 8.76. The number of rotatable bonds is 13. The summed E-state index contributed by atoms with van der Waals surface area (Å²) in [6.07, 6.45) is 22.3. The molecule has 2 atom stereocenters. The highest BCUT2D eigenvalue weighted by Gasteiger charge is 2.29. The normalized spacial score (nSPS) is 20.6.